The maximum Gasteiger partial charge on any atom is 0.251 e. The van der Waals surface area contributed by atoms with Crippen molar-refractivity contribution in [2.45, 2.75) is 34.1 Å². The number of amides is 1. The Morgan fingerprint density at radius 2 is 1.78 bits per heavy atom. The van der Waals surface area contributed by atoms with E-state index in [0.717, 1.165) is 28.7 Å². The number of carbonyl (C=O) groups is 1. The van der Waals surface area contributed by atoms with E-state index < -0.39 is 0 Å². The molecule has 5 heteroatoms. The lowest BCUT2D eigenvalue weighted by Crippen LogP contribution is -2.27. The van der Waals surface area contributed by atoms with Crippen molar-refractivity contribution >= 4 is 5.91 Å². The van der Waals surface area contributed by atoms with Crippen molar-refractivity contribution in [3.05, 3.63) is 59.5 Å². The molecule has 0 fully saturated rings. The van der Waals surface area contributed by atoms with Crippen LogP contribution in [-0.2, 0) is 0 Å². The van der Waals surface area contributed by atoms with Gasteiger partial charge >= 0.3 is 0 Å². The summed E-state index contributed by atoms with van der Waals surface area (Å²) in [6.07, 6.45) is 1.05. The SMILES string of the molecule is CCC(C)CNC(=O)c1ccc(-c2cc(-c3nnc(C)o3)ccc2C)cc1. The van der Waals surface area contributed by atoms with Gasteiger partial charge in [0.2, 0.25) is 11.8 Å². The highest BCUT2D eigenvalue weighted by molar-refractivity contribution is 5.94. The van der Waals surface area contributed by atoms with E-state index in [0.29, 0.717) is 29.8 Å². The van der Waals surface area contributed by atoms with Crippen molar-refractivity contribution in [3.8, 4) is 22.6 Å². The van der Waals surface area contributed by atoms with Gasteiger partial charge in [0.1, 0.15) is 0 Å². The van der Waals surface area contributed by atoms with Gasteiger partial charge in [-0.2, -0.15) is 0 Å². The van der Waals surface area contributed by atoms with Crippen molar-refractivity contribution in [1.29, 1.82) is 0 Å². The molecule has 0 aliphatic rings. The molecule has 0 radical (unpaired) electrons. The second-order valence-electron chi connectivity index (χ2n) is 6.96. The van der Waals surface area contributed by atoms with E-state index in [1.54, 1.807) is 6.92 Å². The summed E-state index contributed by atoms with van der Waals surface area (Å²) in [5.41, 5.74) is 4.82. The molecule has 0 aliphatic carbocycles. The monoisotopic (exact) mass is 363 g/mol. The number of benzene rings is 2. The molecule has 1 heterocycles. The van der Waals surface area contributed by atoms with Gasteiger partial charge < -0.3 is 9.73 Å². The lowest BCUT2D eigenvalue weighted by molar-refractivity contribution is 0.0948. The Hall–Kier alpha value is -2.95. The molecule has 3 rings (SSSR count). The first-order valence-electron chi connectivity index (χ1n) is 9.27. The quantitative estimate of drug-likeness (QED) is 0.683. The molecule has 1 amide bonds. The first-order chi connectivity index (χ1) is 13.0. The molecule has 0 saturated heterocycles. The second kappa shape index (κ2) is 8.16. The standard InChI is InChI=1S/C22H25N3O2/c1-5-14(2)13-23-21(26)18-10-8-17(9-11-18)20-12-19(7-6-15(20)3)22-25-24-16(4)27-22/h6-12,14H,5,13H2,1-4H3,(H,23,26). The zero-order chi connectivity index (χ0) is 19.4. The largest absolute Gasteiger partial charge is 0.421 e. The van der Waals surface area contributed by atoms with Crippen molar-refractivity contribution < 1.29 is 9.21 Å². The van der Waals surface area contributed by atoms with Gasteiger partial charge in [-0.3, -0.25) is 4.79 Å². The third kappa shape index (κ3) is 4.42. The predicted octanol–water partition coefficient (Wildman–Crippen LogP) is 4.80. The molecular formula is C22H25N3O2. The van der Waals surface area contributed by atoms with Crippen LogP contribution in [0.25, 0.3) is 22.6 Å². The minimum atomic E-state index is -0.0337. The fourth-order valence-electron chi connectivity index (χ4n) is 2.79. The molecule has 5 nitrogen and oxygen atoms in total. The average molecular weight is 363 g/mol. The van der Waals surface area contributed by atoms with Gasteiger partial charge in [-0.05, 0) is 53.8 Å². The fourth-order valence-corrected chi connectivity index (χ4v) is 2.79. The molecule has 140 valence electrons. The van der Waals surface area contributed by atoms with Crippen LogP contribution in [-0.4, -0.2) is 22.6 Å². The maximum absolute atomic E-state index is 12.3. The van der Waals surface area contributed by atoms with E-state index in [1.165, 1.54) is 0 Å². The van der Waals surface area contributed by atoms with Crippen LogP contribution in [0.3, 0.4) is 0 Å². The van der Waals surface area contributed by atoms with Gasteiger partial charge in [-0.15, -0.1) is 10.2 Å². The number of rotatable bonds is 6. The molecule has 1 N–H and O–H groups in total. The summed E-state index contributed by atoms with van der Waals surface area (Å²) >= 11 is 0. The number of aromatic nitrogens is 2. The second-order valence-corrected chi connectivity index (χ2v) is 6.96. The van der Waals surface area contributed by atoms with Crippen LogP contribution < -0.4 is 5.32 Å². The summed E-state index contributed by atoms with van der Waals surface area (Å²) < 4.78 is 5.53. The normalized spacial score (nSPS) is 12.0. The highest BCUT2D eigenvalue weighted by Crippen LogP contribution is 2.29. The molecule has 0 saturated carbocycles. The highest BCUT2D eigenvalue weighted by atomic mass is 16.4. The Labute approximate surface area is 159 Å². The summed E-state index contributed by atoms with van der Waals surface area (Å²) in [4.78, 5) is 12.3. The van der Waals surface area contributed by atoms with Crippen LogP contribution in [0.2, 0.25) is 0 Å². The number of hydrogen-bond acceptors (Lipinski definition) is 4. The van der Waals surface area contributed by atoms with Gasteiger partial charge in [0.25, 0.3) is 5.91 Å². The molecular weight excluding hydrogens is 338 g/mol. The lowest BCUT2D eigenvalue weighted by Gasteiger charge is -2.11. The van der Waals surface area contributed by atoms with Crippen LogP contribution in [0.4, 0.5) is 0 Å². The van der Waals surface area contributed by atoms with Crippen molar-refractivity contribution in [2.24, 2.45) is 5.92 Å². The molecule has 1 atom stereocenters. The number of hydrogen-bond donors (Lipinski definition) is 1. The summed E-state index contributed by atoms with van der Waals surface area (Å²) in [6, 6.07) is 13.7. The van der Waals surface area contributed by atoms with Crippen LogP contribution in [0.15, 0.2) is 46.9 Å². The summed E-state index contributed by atoms with van der Waals surface area (Å²) in [7, 11) is 0. The van der Waals surface area contributed by atoms with Crippen LogP contribution in [0, 0.1) is 19.8 Å². The Morgan fingerprint density at radius 3 is 2.41 bits per heavy atom. The fraction of sp³-hybridized carbons (Fsp3) is 0.318. The Kier molecular flexibility index (Phi) is 5.69. The van der Waals surface area contributed by atoms with Crippen molar-refractivity contribution in [2.75, 3.05) is 6.54 Å². The zero-order valence-electron chi connectivity index (χ0n) is 16.2. The average Bonchev–Trinajstić information content (AvgIpc) is 3.12. The third-order valence-electron chi connectivity index (χ3n) is 4.78. The maximum atomic E-state index is 12.3. The molecule has 0 bridgehead atoms. The number of carbonyl (C=O) groups excluding carboxylic acids is 1. The van der Waals surface area contributed by atoms with Crippen LogP contribution >= 0.6 is 0 Å². The zero-order valence-corrected chi connectivity index (χ0v) is 16.2. The number of nitrogens with one attached hydrogen (secondary N) is 1. The Morgan fingerprint density at radius 1 is 1.07 bits per heavy atom. The first-order valence-corrected chi connectivity index (χ1v) is 9.27. The molecule has 3 aromatic rings. The van der Waals surface area contributed by atoms with Crippen molar-refractivity contribution in [1.82, 2.24) is 15.5 Å². The highest BCUT2D eigenvalue weighted by Gasteiger charge is 2.11. The molecule has 27 heavy (non-hydrogen) atoms. The van der Waals surface area contributed by atoms with Crippen molar-refractivity contribution in [3.63, 3.8) is 0 Å². The van der Waals surface area contributed by atoms with E-state index in [-0.39, 0.29) is 5.91 Å². The van der Waals surface area contributed by atoms with E-state index in [9.17, 15) is 4.79 Å². The lowest BCUT2D eigenvalue weighted by atomic mass is 9.97. The first kappa shape index (κ1) is 18.8. The Bertz CT molecular complexity index is 929. The summed E-state index contributed by atoms with van der Waals surface area (Å²) in [6.45, 7) is 8.78. The topological polar surface area (TPSA) is 68.0 Å². The molecule has 1 aromatic heterocycles. The van der Waals surface area contributed by atoms with E-state index in [4.69, 9.17) is 4.42 Å². The van der Waals surface area contributed by atoms with Gasteiger partial charge in [-0.1, -0.05) is 38.5 Å². The van der Waals surface area contributed by atoms with E-state index in [1.807, 2.05) is 42.5 Å². The summed E-state index contributed by atoms with van der Waals surface area (Å²) in [5.74, 6) is 1.50. The van der Waals surface area contributed by atoms with E-state index in [2.05, 4.69) is 36.3 Å². The third-order valence-corrected chi connectivity index (χ3v) is 4.78. The van der Waals surface area contributed by atoms with Gasteiger partial charge in [-0.25, -0.2) is 0 Å². The Balaban J connectivity index is 1.81. The predicted molar refractivity (Wildman–Crippen MR) is 106 cm³/mol. The van der Waals surface area contributed by atoms with E-state index >= 15 is 0 Å². The van der Waals surface area contributed by atoms with Crippen LogP contribution in [0.5, 0.6) is 0 Å². The van der Waals surface area contributed by atoms with Gasteiger partial charge in [0.15, 0.2) is 0 Å². The van der Waals surface area contributed by atoms with Gasteiger partial charge in [0, 0.05) is 24.6 Å². The minimum absolute atomic E-state index is 0.0337. The molecule has 0 spiro atoms. The molecule has 2 aromatic carbocycles. The number of aryl methyl sites for hydroxylation is 2. The van der Waals surface area contributed by atoms with Gasteiger partial charge in [0.05, 0.1) is 0 Å². The minimum Gasteiger partial charge on any atom is -0.421 e. The number of nitrogens with zero attached hydrogens (tertiary/aromatic N) is 2. The molecule has 0 aliphatic heterocycles. The smallest absolute Gasteiger partial charge is 0.251 e. The molecule has 1 unspecified atom stereocenters. The van der Waals surface area contributed by atoms with Crippen LogP contribution in [0.1, 0.15) is 42.1 Å². The summed E-state index contributed by atoms with van der Waals surface area (Å²) in [5, 5.41) is 11.0.